The molecule has 5 nitrogen and oxygen atoms in total. The molecule has 0 aliphatic heterocycles. The van der Waals surface area contributed by atoms with Crippen LogP contribution in [0, 0.1) is 13.8 Å². The molecule has 0 saturated heterocycles. The summed E-state index contributed by atoms with van der Waals surface area (Å²) in [4.78, 5) is 11.6. The standard InChI is InChI=1S/C11H18N2O3/c1-7-9(8(2)16-13-7)5-10(14)12-6-11(3,4)15/h15H,5-6H2,1-4H3,(H,12,14). The molecule has 0 aromatic carbocycles. The van der Waals surface area contributed by atoms with Crippen molar-refractivity contribution in [2.75, 3.05) is 6.54 Å². The second-order valence-electron chi connectivity index (χ2n) is 4.57. The van der Waals surface area contributed by atoms with E-state index < -0.39 is 5.60 Å². The summed E-state index contributed by atoms with van der Waals surface area (Å²) in [6.07, 6.45) is 0.233. The van der Waals surface area contributed by atoms with Crippen molar-refractivity contribution in [3.63, 3.8) is 0 Å². The molecule has 1 aromatic heterocycles. The van der Waals surface area contributed by atoms with Crippen LogP contribution < -0.4 is 5.32 Å². The Bertz CT molecular complexity index is 358. The van der Waals surface area contributed by atoms with Gasteiger partial charge in [0, 0.05) is 12.1 Å². The number of nitrogens with zero attached hydrogens (tertiary/aromatic N) is 1. The van der Waals surface area contributed by atoms with Gasteiger partial charge in [-0.25, -0.2) is 0 Å². The minimum absolute atomic E-state index is 0.142. The number of aryl methyl sites for hydroxylation is 2. The maximum absolute atomic E-state index is 11.6. The molecular formula is C11H18N2O3. The molecule has 2 N–H and O–H groups in total. The van der Waals surface area contributed by atoms with Gasteiger partial charge < -0.3 is 14.9 Å². The number of carbonyl (C=O) groups is 1. The van der Waals surface area contributed by atoms with Crippen LogP contribution in [0.3, 0.4) is 0 Å². The molecule has 1 aromatic rings. The van der Waals surface area contributed by atoms with Gasteiger partial charge >= 0.3 is 0 Å². The SMILES string of the molecule is Cc1noc(C)c1CC(=O)NCC(C)(C)O. The van der Waals surface area contributed by atoms with Crippen LogP contribution in [-0.2, 0) is 11.2 Å². The van der Waals surface area contributed by atoms with E-state index in [0.29, 0.717) is 5.76 Å². The second kappa shape index (κ2) is 4.65. The number of amides is 1. The lowest BCUT2D eigenvalue weighted by atomic mass is 10.1. The van der Waals surface area contributed by atoms with E-state index in [9.17, 15) is 9.90 Å². The van der Waals surface area contributed by atoms with E-state index in [2.05, 4.69) is 10.5 Å². The Balaban J connectivity index is 2.53. The van der Waals surface area contributed by atoms with Gasteiger partial charge in [-0.15, -0.1) is 0 Å². The van der Waals surface area contributed by atoms with E-state index in [1.54, 1.807) is 27.7 Å². The average molecular weight is 226 g/mol. The molecule has 0 fully saturated rings. The molecule has 0 unspecified atom stereocenters. The van der Waals surface area contributed by atoms with Crippen LogP contribution in [0.2, 0.25) is 0 Å². The lowest BCUT2D eigenvalue weighted by Crippen LogP contribution is -2.38. The van der Waals surface area contributed by atoms with Crippen molar-refractivity contribution in [2.24, 2.45) is 0 Å². The molecule has 0 bridgehead atoms. The first kappa shape index (κ1) is 12.7. The van der Waals surface area contributed by atoms with Crippen LogP contribution in [0.1, 0.15) is 30.9 Å². The van der Waals surface area contributed by atoms with E-state index in [1.165, 1.54) is 0 Å². The number of aliphatic hydroxyl groups is 1. The van der Waals surface area contributed by atoms with Crippen molar-refractivity contribution in [3.05, 3.63) is 17.0 Å². The summed E-state index contributed by atoms with van der Waals surface area (Å²) in [5.41, 5.74) is 0.651. The van der Waals surface area contributed by atoms with Crippen molar-refractivity contribution in [3.8, 4) is 0 Å². The number of aromatic nitrogens is 1. The van der Waals surface area contributed by atoms with Crippen LogP contribution in [-0.4, -0.2) is 28.3 Å². The first-order chi connectivity index (χ1) is 7.29. The van der Waals surface area contributed by atoms with Crippen molar-refractivity contribution >= 4 is 5.91 Å². The summed E-state index contributed by atoms with van der Waals surface area (Å²) >= 11 is 0. The predicted octanol–water partition coefficient (Wildman–Crippen LogP) is 0.721. The molecule has 0 saturated carbocycles. The predicted molar refractivity (Wildman–Crippen MR) is 59.0 cm³/mol. The van der Waals surface area contributed by atoms with Crippen molar-refractivity contribution in [2.45, 2.75) is 39.7 Å². The van der Waals surface area contributed by atoms with E-state index in [1.807, 2.05) is 0 Å². The van der Waals surface area contributed by atoms with Crippen molar-refractivity contribution < 1.29 is 14.4 Å². The van der Waals surface area contributed by atoms with Gasteiger partial charge in [0.15, 0.2) is 0 Å². The number of hydrogen-bond acceptors (Lipinski definition) is 4. The van der Waals surface area contributed by atoms with Gasteiger partial charge in [-0.2, -0.15) is 0 Å². The molecule has 90 valence electrons. The van der Waals surface area contributed by atoms with Gasteiger partial charge in [0.05, 0.1) is 17.7 Å². The molecule has 0 atom stereocenters. The largest absolute Gasteiger partial charge is 0.389 e. The van der Waals surface area contributed by atoms with Crippen molar-refractivity contribution in [1.29, 1.82) is 0 Å². The Hall–Kier alpha value is -1.36. The molecule has 1 heterocycles. The zero-order valence-corrected chi connectivity index (χ0v) is 10.1. The third kappa shape index (κ3) is 3.66. The van der Waals surface area contributed by atoms with Gasteiger partial charge in [0.1, 0.15) is 5.76 Å². The normalized spacial score (nSPS) is 11.6. The Morgan fingerprint density at radius 2 is 2.12 bits per heavy atom. The summed E-state index contributed by atoms with van der Waals surface area (Å²) in [5, 5.41) is 15.9. The average Bonchev–Trinajstić information content (AvgIpc) is 2.45. The highest BCUT2D eigenvalue weighted by Crippen LogP contribution is 2.12. The van der Waals surface area contributed by atoms with Crippen LogP contribution in [0.25, 0.3) is 0 Å². The Labute approximate surface area is 94.8 Å². The van der Waals surface area contributed by atoms with Crippen LogP contribution in [0.15, 0.2) is 4.52 Å². The van der Waals surface area contributed by atoms with E-state index >= 15 is 0 Å². The first-order valence-corrected chi connectivity index (χ1v) is 5.20. The van der Waals surface area contributed by atoms with Crippen molar-refractivity contribution in [1.82, 2.24) is 10.5 Å². The Kier molecular flexibility index (Phi) is 3.70. The third-order valence-electron chi connectivity index (χ3n) is 2.24. The van der Waals surface area contributed by atoms with Crippen LogP contribution >= 0.6 is 0 Å². The number of rotatable bonds is 4. The van der Waals surface area contributed by atoms with E-state index in [-0.39, 0.29) is 18.9 Å². The molecular weight excluding hydrogens is 208 g/mol. The fraction of sp³-hybridized carbons (Fsp3) is 0.636. The Morgan fingerprint density at radius 3 is 2.56 bits per heavy atom. The quantitative estimate of drug-likeness (QED) is 0.793. The lowest BCUT2D eigenvalue weighted by Gasteiger charge is -2.17. The molecule has 1 rings (SSSR count). The van der Waals surface area contributed by atoms with Gasteiger partial charge in [-0.3, -0.25) is 4.79 Å². The topological polar surface area (TPSA) is 75.4 Å². The maximum atomic E-state index is 11.6. The summed E-state index contributed by atoms with van der Waals surface area (Å²) in [5.74, 6) is 0.521. The minimum Gasteiger partial charge on any atom is -0.389 e. The fourth-order valence-electron chi connectivity index (χ4n) is 1.29. The molecule has 5 heteroatoms. The molecule has 0 aliphatic rings. The van der Waals surface area contributed by atoms with Gasteiger partial charge in [0.2, 0.25) is 5.91 Å². The van der Waals surface area contributed by atoms with E-state index in [0.717, 1.165) is 11.3 Å². The summed E-state index contributed by atoms with van der Waals surface area (Å²) < 4.78 is 4.96. The van der Waals surface area contributed by atoms with Gasteiger partial charge in [-0.05, 0) is 27.7 Å². The lowest BCUT2D eigenvalue weighted by molar-refractivity contribution is -0.121. The zero-order valence-electron chi connectivity index (χ0n) is 10.1. The van der Waals surface area contributed by atoms with Crippen LogP contribution in [0.4, 0.5) is 0 Å². The summed E-state index contributed by atoms with van der Waals surface area (Å²) in [6, 6.07) is 0. The number of hydrogen-bond donors (Lipinski definition) is 2. The monoisotopic (exact) mass is 226 g/mol. The number of carbonyl (C=O) groups excluding carboxylic acids is 1. The zero-order chi connectivity index (χ0) is 12.3. The summed E-state index contributed by atoms with van der Waals surface area (Å²) in [7, 11) is 0. The molecule has 1 amide bonds. The highest BCUT2D eigenvalue weighted by atomic mass is 16.5. The van der Waals surface area contributed by atoms with E-state index in [4.69, 9.17) is 4.52 Å². The maximum Gasteiger partial charge on any atom is 0.224 e. The molecule has 0 radical (unpaired) electrons. The van der Waals surface area contributed by atoms with Gasteiger partial charge in [0.25, 0.3) is 0 Å². The highest BCUT2D eigenvalue weighted by Gasteiger charge is 2.16. The molecule has 0 spiro atoms. The molecule has 0 aliphatic carbocycles. The minimum atomic E-state index is -0.894. The third-order valence-corrected chi connectivity index (χ3v) is 2.24. The fourth-order valence-corrected chi connectivity index (χ4v) is 1.29. The Morgan fingerprint density at radius 1 is 1.50 bits per heavy atom. The number of nitrogens with one attached hydrogen (secondary N) is 1. The van der Waals surface area contributed by atoms with Gasteiger partial charge in [-0.1, -0.05) is 5.16 Å². The summed E-state index contributed by atoms with van der Waals surface area (Å²) in [6.45, 7) is 7.09. The second-order valence-corrected chi connectivity index (χ2v) is 4.57. The molecule has 16 heavy (non-hydrogen) atoms. The first-order valence-electron chi connectivity index (χ1n) is 5.20. The highest BCUT2D eigenvalue weighted by molar-refractivity contribution is 5.79. The van der Waals surface area contributed by atoms with Crippen LogP contribution in [0.5, 0.6) is 0 Å². The smallest absolute Gasteiger partial charge is 0.224 e.